The van der Waals surface area contributed by atoms with Gasteiger partial charge in [-0.05, 0) is 30.5 Å². The predicted molar refractivity (Wildman–Crippen MR) is 97.5 cm³/mol. The number of non-ortho nitro benzene ring substituents is 1. The third-order valence-electron chi connectivity index (χ3n) is 4.45. The molecule has 0 unspecified atom stereocenters. The van der Waals surface area contributed by atoms with Crippen LogP contribution in [0.3, 0.4) is 0 Å². The smallest absolute Gasteiger partial charge is 0.269 e. The molecule has 0 bridgehead atoms. The molecular weight excluding hydrogens is 318 g/mol. The number of hydrogen-bond acceptors (Lipinski definition) is 4. The van der Waals surface area contributed by atoms with Gasteiger partial charge in [-0.2, -0.15) is 0 Å². The molecule has 0 fully saturated rings. The van der Waals surface area contributed by atoms with E-state index < -0.39 is 4.92 Å². The summed E-state index contributed by atoms with van der Waals surface area (Å²) in [6, 6.07) is 14.4. The topological polar surface area (TPSA) is 91.2 Å². The molecular formula is C19H21N3O3. The van der Waals surface area contributed by atoms with E-state index in [-0.39, 0.29) is 24.4 Å². The van der Waals surface area contributed by atoms with E-state index in [2.05, 4.69) is 16.4 Å². The average Bonchev–Trinajstić information content (AvgIpc) is 3.04. The summed E-state index contributed by atoms with van der Waals surface area (Å²) in [4.78, 5) is 13.6. The zero-order valence-electron chi connectivity index (χ0n) is 14.0. The van der Waals surface area contributed by atoms with Gasteiger partial charge in [-0.3, -0.25) is 10.1 Å². The Morgan fingerprint density at radius 2 is 1.92 bits per heavy atom. The Balaban J connectivity index is 1.70. The van der Waals surface area contributed by atoms with Crippen molar-refractivity contribution in [3.05, 3.63) is 76.0 Å². The van der Waals surface area contributed by atoms with E-state index in [9.17, 15) is 15.2 Å². The monoisotopic (exact) mass is 339 g/mol. The molecule has 3 rings (SSSR count). The summed E-state index contributed by atoms with van der Waals surface area (Å²) in [7, 11) is 0. The molecule has 0 saturated carbocycles. The molecule has 0 amide bonds. The van der Waals surface area contributed by atoms with Gasteiger partial charge in [0.1, 0.15) is 0 Å². The molecule has 6 nitrogen and oxygen atoms in total. The quantitative estimate of drug-likeness (QED) is 0.455. The Kier molecular flexibility index (Phi) is 5.11. The van der Waals surface area contributed by atoms with E-state index in [4.69, 9.17) is 0 Å². The zero-order valence-corrected chi connectivity index (χ0v) is 14.0. The third-order valence-corrected chi connectivity index (χ3v) is 4.45. The van der Waals surface area contributed by atoms with Crippen LogP contribution in [0.2, 0.25) is 0 Å². The SMILES string of the molecule is C[C@H](N[C@@H](CO)Cc1c[nH]c2ccccc12)c1ccc([N+](=O)[O-])cc1. The van der Waals surface area contributed by atoms with E-state index in [0.29, 0.717) is 6.42 Å². The molecule has 3 aromatic rings. The van der Waals surface area contributed by atoms with E-state index >= 15 is 0 Å². The Morgan fingerprint density at radius 3 is 2.60 bits per heavy atom. The third kappa shape index (κ3) is 3.87. The summed E-state index contributed by atoms with van der Waals surface area (Å²) in [6.07, 6.45) is 2.67. The number of nitro groups is 1. The van der Waals surface area contributed by atoms with Crippen molar-refractivity contribution in [2.45, 2.75) is 25.4 Å². The number of fused-ring (bicyclic) bond motifs is 1. The van der Waals surface area contributed by atoms with Crippen LogP contribution in [0.5, 0.6) is 0 Å². The molecule has 25 heavy (non-hydrogen) atoms. The highest BCUT2D eigenvalue weighted by Gasteiger charge is 2.16. The molecule has 1 aromatic heterocycles. The highest BCUT2D eigenvalue weighted by atomic mass is 16.6. The maximum atomic E-state index is 10.7. The van der Waals surface area contributed by atoms with Crippen LogP contribution < -0.4 is 5.32 Å². The van der Waals surface area contributed by atoms with Crippen LogP contribution in [0.25, 0.3) is 10.9 Å². The molecule has 2 aromatic carbocycles. The Bertz CT molecular complexity index is 858. The number of aromatic nitrogens is 1. The highest BCUT2D eigenvalue weighted by molar-refractivity contribution is 5.83. The molecule has 0 aliphatic rings. The molecule has 3 N–H and O–H groups in total. The summed E-state index contributed by atoms with van der Waals surface area (Å²) in [5, 5.41) is 25.1. The van der Waals surface area contributed by atoms with Gasteiger partial charge < -0.3 is 15.4 Å². The molecule has 2 atom stereocenters. The minimum Gasteiger partial charge on any atom is -0.395 e. The van der Waals surface area contributed by atoms with Gasteiger partial charge in [0.05, 0.1) is 11.5 Å². The normalized spacial score (nSPS) is 13.7. The molecule has 6 heteroatoms. The van der Waals surface area contributed by atoms with Crippen LogP contribution >= 0.6 is 0 Å². The maximum Gasteiger partial charge on any atom is 0.269 e. The fourth-order valence-corrected chi connectivity index (χ4v) is 3.08. The van der Waals surface area contributed by atoms with Gasteiger partial charge in [0.25, 0.3) is 5.69 Å². The Hall–Kier alpha value is -2.70. The Morgan fingerprint density at radius 1 is 1.20 bits per heavy atom. The summed E-state index contributed by atoms with van der Waals surface area (Å²) in [5.74, 6) is 0. The van der Waals surface area contributed by atoms with Crippen LogP contribution in [-0.4, -0.2) is 27.7 Å². The summed E-state index contributed by atoms with van der Waals surface area (Å²) in [6.45, 7) is 2.00. The number of nitro benzene ring substituents is 1. The van der Waals surface area contributed by atoms with Gasteiger partial charge in [0.2, 0.25) is 0 Å². The van der Waals surface area contributed by atoms with Gasteiger partial charge in [0.15, 0.2) is 0 Å². The fraction of sp³-hybridized carbons (Fsp3) is 0.263. The summed E-state index contributed by atoms with van der Waals surface area (Å²) in [5.41, 5.74) is 3.26. The second kappa shape index (κ2) is 7.46. The molecule has 0 aliphatic carbocycles. The number of hydrogen-bond donors (Lipinski definition) is 3. The van der Waals surface area contributed by atoms with Crippen molar-refractivity contribution in [3.63, 3.8) is 0 Å². The molecule has 0 aliphatic heterocycles. The first-order valence-corrected chi connectivity index (χ1v) is 8.24. The second-order valence-corrected chi connectivity index (χ2v) is 6.18. The van der Waals surface area contributed by atoms with Crippen LogP contribution in [0.1, 0.15) is 24.1 Å². The zero-order chi connectivity index (χ0) is 17.8. The number of aliphatic hydroxyl groups is 1. The van der Waals surface area contributed by atoms with Crippen molar-refractivity contribution in [2.24, 2.45) is 0 Å². The van der Waals surface area contributed by atoms with E-state index in [1.54, 1.807) is 12.1 Å². The van der Waals surface area contributed by atoms with Crippen molar-refractivity contribution < 1.29 is 10.0 Å². The first-order valence-electron chi connectivity index (χ1n) is 8.24. The lowest BCUT2D eigenvalue weighted by Gasteiger charge is -2.22. The lowest BCUT2D eigenvalue weighted by Crippen LogP contribution is -2.36. The average molecular weight is 339 g/mol. The van der Waals surface area contributed by atoms with Crippen molar-refractivity contribution in [1.29, 1.82) is 0 Å². The standard InChI is InChI=1S/C19H21N3O3/c1-13(14-6-8-17(9-7-14)22(24)25)21-16(12-23)10-15-11-20-19-5-3-2-4-18(15)19/h2-9,11,13,16,20-21,23H,10,12H2,1H3/t13-,16+/m0/s1. The summed E-state index contributed by atoms with van der Waals surface area (Å²) >= 11 is 0. The molecule has 0 radical (unpaired) electrons. The number of H-pyrrole nitrogens is 1. The lowest BCUT2D eigenvalue weighted by molar-refractivity contribution is -0.384. The van der Waals surface area contributed by atoms with Gasteiger partial charge in [-0.15, -0.1) is 0 Å². The number of aliphatic hydroxyl groups excluding tert-OH is 1. The number of nitrogens with zero attached hydrogens (tertiary/aromatic N) is 1. The number of benzene rings is 2. The van der Waals surface area contributed by atoms with Crippen LogP contribution in [0.4, 0.5) is 5.69 Å². The second-order valence-electron chi connectivity index (χ2n) is 6.18. The van der Waals surface area contributed by atoms with Crippen LogP contribution in [0.15, 0.2) is 54.7 Å². The number of para-hydroxylation sites is 1. The van der Waals surface area contributed by atoms with Crippen LogP contribution in [-0.2, 0) is 6.42 Å². The molecule has 0 saturated heterocycles. The lowest BCUT2D eigenvalue weighted by atomic mass is 10.0. The summed E-state index contributed by atoms with van der Waals surface area (Å²) < 4.78 is 0. The number of aromatic amines is 1. The van der Waals surface area contributed by atoms with Crippen molar-refractivity contribution in [1.82, 2.24) is 10.3 Å². The number of nitrogens with one attached hydrogen (secondary N) is 2. The molecule has 1 heterocycles. The number of rotatable bonds is 7. The molecule has 130 valence electrons. The minimum atomic E-state index is -0.407. The minimum absolute atomic E-state index is 0.0107. The van der Waals surface area contributed by atoms with Crippen molar-refractivity contribution >= 4 is 16.6 Å². The van der Waals surface area contributed by atoms with E-state index in [1.807, 2.05) is 31.3 Å². The fourth-order valence-electron chi connectivity index (χ4n) is 3.08. The van der Waals surface area contributed by atoms with Gasteiger partial charge >= 0.3 is 0 Å². The van der Waals surface area contributed by atoms with Gasteiger partial charge in [0, 0.05) is 41.3 Å². The highest BCUT2D eigenvalue weighted by Crippen LogP contribution is 2.21. The Labute approximate surface area is 145 Å². The van der Waals surface area contributed by atoms with E-state index in [0.717, 1.165) is 22.0 Å². The predicted octanol–water partition coefficient (Wildman–Crippen LogP) is 3.33. The first-order chi connectivity index (χ1) is 12.1. The largest absolute Gasteiger partial charge is 0.395 e. The van der Waals surface area contributed by atoms with E-state index in [1.165, 1.54) is 12.1 Å². The van der Waals surface area contributed by atoms with Crippen LogP contribution in [0, 0.1) is 10.1 Å². The van der Waals surface area contributed by atoms with Crippen molar-refractivity contribution in [2.75, 3.05) is 6.61 Å². The van der Waals surface area contributed by atoms with Gasteiger partial charge in [-0.1, -0.05) is 30.3 Å². The van der Waals surface area contributed by atoms with Gasteiger partial charge in [-0.25, -0.2) is 0 Å². The van der Waals surface area contributed by atoms with Crippen molar-refractivity contribution in [3.8, 4) is 0 Å². The molecule has 0 spiro atoms. The first kappa shape index (κ1) is 17.1. The maximum absolute atomic E-state index is 10.7.